The first-order valence-corrected chi connectivity index (χ1v) is 17.3. The van der Waals surface area contributed by atoms with Crippen molar-refractivity contribution >= 4 is 11.6 Å². The third kappa shape index (κ3) is 4.29. The zero-order chi connectivity index (χ0) is 33.2. The van der Waals surface area contributed by atoms with Gasteiger partial charge in [0.15, 0.2) is 5.82 Å². The maximum Gasteiger partial charge on any atom is 0.160 e. The summed E-state index contributed by atoms with van der Waals surface area (Å²) in [7, 11) is 0. The van der Waals surface area contributed by atoms with Gasteiger partial charge in [0.1, 0.15) is 0 Å². The summed E-state index contributed by atoms with van der Waals surface area (Å²) in [6.45, 7) is 0. The van der Waals surface area contributed by atoms with Gasteiger partial charge in [0.25, 0.3) is 0 Å². The molecular weight excluding hydrogens is 628 g/mol. The van der Waals surface area contributed by atoms with E-state index in [2.05, 4.69) is 158 Å². The number of nitrogens with zero attached hydrogens (tertiary/aromatic N) is 2. The Hall–Kier alpha value is -6.09. The number of halogens is 1. The zero-order valence-electron chi connectivity index (χ0n) is 27.0. The first-order valence-electron chi connectivity index (χ1n) is 16.9. The van der Waals surface area contributed by atoms with Crippen LogP contribution in [0.3, 0.4) is 0 Å². The molecule has 2 aliphatic rings. The summed E-state index contributed by atoms with van der Waals surface area (Å²) in [6, 6.07) is 62.4. The highest BCUT2D eigenvalue weighted by Crippen LogP contribution is 2.63. The number of hydrogen-bond acceptors (Lipinski definition) is 2. The Bertz CT molecular complexity index is 2600. The van der Waals surface area contributed by atoms with Crippen LogP contribution in [0.4, 0.5) is 0 Å². The van der Waals surface area contributed by atoms with Crippen molar-refractivity contribution < 1.29 is 0 Å². The Labute approximate surface area is 296 Å². The second-order valence-corrected chi connectivity index (χ2v) is 13.5. The lowest BCUT2D eigenvalue weighted by Gasteiger charge is -2.30. The van der Waals surface area contributed by atoms with Gasteiger partial charge in [-0.3, -0.25) is 0 Å². The van der Waals surface area contributed by atoms with Crippen LogP contribution in [0.2, 0.25) is 5.02 Å². The SMILES string of the molecule is Clc1ccc2c(c1)C1(c3ccccc3-2)c2ccccc2-c2ccc(-c3nc(-c4ccccc4)cc(-c4cccc(-c5ccccc5)c4)n3)cc21. The highest BCUT2D eigenvalue weighted by molar-refractivity contribution is 6.30. The fourth-order valence-electron chi connectivity index (χ4n) is 8.22. The molecule has 0 saturated heterocycles. The Kier molecular flexibility index (Phi) is 6.49. The summed E-state index contributed by atoms with van der Waals surface area (Å²) in [6.07, 6.45) is 0. The molecule has 0 aliphatic heterocycles. The minimum Gasteiger partial charge on any atom is -0.228 e. The number of hydrogen-bond donors (Lipinski definition) is 0. The van der Waals surface area contributed by atoms with Crippen LogP contribution < -0.4 is 0 Å². The van der Waals surface area contributed by atoms with Gasteiger partial charge in [-0.1, -0.05) is 157 Å². The second kappa shape index (κ2) is 11.2. The lowest BCUT2D eigenvalue weighted by molar-refractivity contribution is 0.794. The Morgan fingerprint density at radius 1 is 0.340 bits per heavy atom. The molecule has 1 aromatic heterocycles. The molecule has 10 rings (SSSR count). The molecule has 1 heterocycles. The molecule has 8 aromatic rings. The van der Waals surface area contributed by atoms with Crippen LogP contribution in [0.25, 0.3) is 67.3 Å². The normalized spacial score (nSPS) is 15.0. The predicted octanol–water partition coefficient (Wildman–Crippen LogP) is 12.1. The predicted molar refractivity (Wildman–Crippen MR) is 205 cm³/mol. The molecule has 234 valence electrons. The highest BCUT2D eigenvalue weighted by atomic mass is 35.5. The molecule has 7 aromatic carbocycles. The highest BCUT2D eigenvalue weighted by Gasteiger charge is 2.51. The summed E-state index contributed by atoms with van der Waals surface area (Å²) >= 11 is 6.79. The van der Waals surface area contributed by atoms with Gasteiger partial charge in [-0.25, -0.2) is 9.97 Å². The van der Waals surface area contributed by atoms with Crippen molar-refractivity contribution in [3.63, 3.8) is 0 Å². The van der Waals surface area contributed by atoms with E-state index < -0.39 is 5.41 Å². The van der Waals surface area contributed by atoms with Crippen LogP contribution in [0.1, 0.15) is 22.3 Å². The topological polar surface area (TPSA) is 25.8 Å². The lowest BCUT2D eigenvalue weighted by atomic mass is 9.70. The smallest absolute Gasteiger partial charge is 0.160 e. The molecule has 0 bridgehead atoms. The van der Waals surface area contributed by atoms with Gasteiger partial charge in [0.05, 0.1) is 16.8 Å². The van der Waals surface area contributed by atoms with Crippen LogP contribution in [-0.2, 0) is 5.41 Å². The second-order valence-electron chi connectivity index (χ2n) is 13.1. The van der Waals surface area contributed by atoms with E-state index in [1.807, 2.05) is 18.2 Å². The molecule has 50 heavy (non-hydrogen) atoms. The molecule has 0 fully saturated rings. The van der Waals surface area contributed by atoms with Crippen molar-refractivity contribution in [3.8, 4) is 67.3 Å². The quantitative estimate of drug-likeness (QED) is 0.188. The zero-order valence-corrected chi connectivity index (χ0v) is 27.8. The minimum atomic E-state index is -0.511. The molecule has 0 saturated carbocycles. The molecule has 0 radical (unpaired) electrons. The molecule has 1 spiro atoms. The lowest BCUT2D eigenvalue weighted by Crippen LogP contribution is -2.26. The Morgan fingerprint density at radius 2 is 0.860 bits per heavy atom. The first kappa shape index (κ1) is 28.9. The van der Waals surface area contributed by atoms with Gasteiger partial charge in [-0.2, -0.15) is 0 Å². The summed E-state index contributed by atoms with van der Waals surface area (Å²) in [4.78, 5) is 10.5. The van der Waals surface area contributed by atoms with Crippen LogP contribution in [-0.4, -0.2) is 9.97 Å². The Balaban J connectivity index is 1.21. The van der Waals surface area contributed by atoms with E-state index in [9.17, 15) is 0 Å². The Morgan fingerprint density at radius 3 is 1.56 bits per heavy atom. The number of rotatable bonds is 4. The monoisotopic (exact) mass is 656 g/mol. The van der Waals surface area contributed by atoms with Crippen LogP contribution >= 0.6 is 11.6 Å². The molecule has 1 unspecified atom stereocenters. The van der Waals surface area contributed by atoms with E-state index in [0.29, 0.717) is 5.82 Å². The molecule has 3 heteroatoms. The summed E-state index contributed by atoms with van der Waals surface area (Å²) in [5.74, 6) is 0.693. The molecule has 2 aliphatic carbocycles. The van der Waals surface area contributed by atoms with E-state index in [-0.39, 0.29) is 0 Å². The van der Waals surface area contributed by atoms with Crippen LogP contribution in [0.5, 0.6) is 0 Å². The fourth-order valence-corrected chi connectivity index (χ4v) is 8.39. The van der Waals surface area contributed by atoms with E-state index in [1.54, 1.807) is 0 Å². The van der Waals surface area contributed by atoms with Crippen LogP contribution in [0.15, 0.2) is 176 Å². The minimum absolute atomic E-state index is 0.511. The van der Waals surface area contributed by atoms with Gasteiger partial charge < -0.3 is 0 Å². The van der Waals surface area contributed by atoms with Gasteiger partial charge in [-0.15, -0.1) is 0 Å². The first-order chi connectivity index (χ1) is 24.7. The van der Waals surface area contributed by atoms with Crippen molar-refractivity contribution in [1.82, 2.24) is 9.97 Å². The third-order valence-electron chi connectivity index (χ3n) is 10.4. The van der Waals surface area contributed by atoms with Gasteiger partial charge >= 0.3 is 0 Å². The van der Waals surface area contributed by atoms with E-state index in [0.717, 1.165) is 38.7 Å². The molecule has 0 N–H and O–H groups in total. The van der Waals surface area contributed by atoms with Gasteiger partial charge in [0.2, 0.25) is 0 Å². The fraction of sp³-hybridized carbons (Fsp3) is 0.0213. The van der Waals surface area contributed by atoms with Crippen molar-refractivity contribution in [3.05, 3.63) is 203 Å². The van der Waals surface area contributed by atoms with Crippen molar-refractivity contribution in [2.45, 2.75) is 5.41 Å². The third-order valence-corrected chi connectivity index (χ3v) is 10.6. The van der Waals surface area contributed by atoms with Crippen molar-refractivity contribution in [2.24, 2.45) is 0 Å². The average Bonchev–Trinajstić information content (AvgIpc) is 3.65. The van der Waals surface area contributed by atoms with E-state index in [4.69, 9.17) is 21.6 Å². The van der Waals surface area contributed by atoms with Crippen molar-refractivity contribution in [1.29, 1.82) is 0 Å². The largest absolute Gasteiger partial charge is 0.228 e. The van der Waals surface area contributed by atoms with E-state index >= 15 is 0 Å². The van der Waals surface area contributed by atoms with Crippen LogP contribution in [0, 0.1) is 0 Å². The molecule has 2 nitrogen and oxygen atoms in total. The van der Waals surface area contributed by atoms with Crippen molar-refractivity contribution in [2.75, 3.05) is 0 Å². The number of aromatic nitrogens is 2. The van der Waals surface area contributed by atoms with Gasteiger partial charge in [0, 0.05) is 21.7 Å². The number of fused-ring (bicyclic) bond motifs is 10. The standard InChI is InChI=1S/C47H29ClN2/c48-35-23-25-39-37-19-8-10-21-41(37)47(43(39)28-35)40-20-9-7-18-36(40)38-24-22-34(27-42(38)47)46-49-44(31-14-5-2-6-15-31)29-45(50-46)33-17-11-16-32(26-33)30-12-3-1-4-13-30/h1-29H. The van der Waals surface area contributed by atoms with E-state index in [1.165, 1.54) is 50.1 Å². The summed E-state index contributed by atoms with van der Waals surface area (Å²) < 4.78 is 0. The summed E-state index contributed by atoms with van der Waals surface area (Å²) in [5, 5.41) is 0.735. The molecule has 0 amide bonds. The maximum atomic E-state index is 6.79. The summed E-state index contributed by atoms with van der Waals surface area (Å²) in [5.41, 5.74) is 16.6. The number of benzene rings is 7. The average molecular weight is 657 g/mol. The maximum absolute atomic E-state index is 6.79. The van der Waals surface area contributed by atoms with Gasteiger partial charge in [-0.05, 0) is 86.0 Å². The molecule has 1 atom stereocenters. The molecular formula is C47H29ClN2.